The van der Waals surface area contributed by atoms with Gasteiger partial charge in [-0.05, 0) is 193 Å². The molecule has 0 amide bonds. The molecule has 4 rings (SSSR count). The van der Waals surface area contributed by atoms with Gasteiger partial charge in [0.05, 0.1) is 26.3 Å². The fraction of sp³-hybridized carbons (Fsp3) is 1.00. The highest BCUT2D eigenvalue weighted by Crippen LogP contribution is 2.42. The summed E-state index contributed by atoms with van der Waals surface area (Å²) in [6.45, 7) is 19.4. The summed E-state index contributed by atoms with van der Waals surface area (Å²) in [7, 11) is 5.68. The maximum atomic E-state index is 11.8. The van der Waals surface area contributed by atoms with Gasteiger partial charge in [-0.15, -0.1) is 0 Å². The molecule has 0 saturated heterocycles. The van der Waals surface area contributed by atoms with E-state index in [1.54, 1.807) is 0 Å². The molecule has 12 unspecified atom stereocenters. The van der Waals surface area contributed by atoms with Gasteiger partial charge in [-0.3, -0.25) is 0 Å². The summed E-state index contributed by atoms with van der Waals surface area (Å²) in [6, 6.07) is 5.65. The van der Waals surface area contributed by atoms with Gasteiger partial charge in [-0.2, -0.15) is 0 Å². The third-order valence-electron chi connectivity index (χ3n) is 16.3. The highest BCUT2D eigenvalue weighted by molar-refractivity contribution is 6.85. The molecule has 0 heterocycles. The van der Waals surface area contributed by atoms with Crippen molar-refractivity contribution in [2.45, 2.75) is 228 Å². The van der Waals surface area contributed by atoms with Crippen molar-refractivity contribution in [2.24, 2.45) is 23.7 Å². The van der Waals surface area contributed by atoms with Crippen LogP contribution in [-0.2, 0) is 8.23 Å². The molecule has 4 N–H and O–H groups in total. The van der Waals surface area contributed by atoms with Crippen LogP contribution in [0.2, 0.25) is 76.6 Å². The first-order chi connectivity index (χ1) is 27.2. The Balaban J connectivity index is 1.21. The number of rotatable bonds is 20. The molecule has 0 bridgehead atoms. The molecule has 348 valence electrons. The number of aliphatic hydroxyl groups is 4. The standard InChI is InChI=1S/C46H98N3O6Si4/c1-47(2)39-19-15-37(33-45(39)52)25-29-58(11,12)55-59(13,14)30-26-38-16-20-41(46(53)34-38)49(5,6)42-32-36(18-22-44(42)51)24-28-57(9,10)54-56(7,8)27-23-35-17-21-43(50)40(31-35)48(3)4/h35-46,50-53H,15-34H2,1-14H3/q+1. The number of hydrogen-bond acceptors (Lipinski definition) is 8. The molecular weight excluding hydrogens is 803 g/mol. The molecule has 0 spiro atoms. The summed E-state index contributed by atoms with van der Waals surface area (Å²) in [5, 5.41) is 44.5. The molecule has 0 aromatic carbocycles. The van der Waals surface area contributed by atoms with Gasteiger partial charge in [-0.1, -0.05) is 25.7 Å². The second-order valence-electron chi connectivity index (χ2n) is 24.2. The summed E-state index contributed by atoms with van der Waals surface area (Å²) >= 11 is 0. The summed E-state index contributed by atoms with van der Waals surface area (Å²) < 4.78 is 15.0. The molecule has 4 aliphatic rings. The Labute approximate surface area is 368 Å². The molecule has 0 radical (unpaired) electrons. The fourth-order valence-corrected chi connectivity index (χ4v) is 30.7. The molecule has 0 aromatic rings. The number of aliphatic hydroxyl groups excluding tert-OH is 4. The van der Waals surface area contributed by atoms with Crippen LogP contribution < -0.4 is 0 Å². The molecule has 4 saturated carbocycles. The Morgan fingerprint density at radius 1 is 0.424 bits per heavy atom. The van der Waals surface area contributed by atoms with Crippen molar-refractivity contribution in [3.63, 3.8) is 0 Å². The lowest BCUT2D eigenvalue weighted by Crippen LogP contribution is -2.65. The maximum absolute atomic E-state index is 11.8. The second-order valence-corrected chi connectivity index (χ2v) is 41.9. The highest BCUT2D eigenvalue weighted by atomic mass is 28.4. The predicted molar refractivity (Wildman–Crippen MR) is 258 cm³/mol. The van der Waals surface area contributed by atoms with Crippen LogP contribution in [0.25, 0.3) is 0 Å². The van der Waals surface area contributed by atoms with E-state index in [2.05, 4.69) is 104 Å². The molecule has 4 aliphatic carbocycles. The normalized spacial score (nSPS) is 34.8. The summed E-state index contributed by atoms with van der Waals surface area (Å²) in [6.07, 6.45) is 16.2. The van der Waals surface area contributed by atoms with E-state index in [-0.39, 0.29) is 42.5 Å². The van der Waals surface area contributed by atoms with Crippen molar-refractivity contribution in [3.05, 3.63) is 0 Å². The van der Waals surface area contributed by atoms with Gasteiger partial charge in [0.1, 0.15) is 24.3 Å². The average Bonchev–Trinajstić information content (AvgIpc) is 3.11. The lowest BCUT2D eigenvalue weighted by Gasteiger charge is -2.52. The van der Waals surface area contributed by atoms with Crippen LogP contribution in [0.1, 0.15) is 103 Å². The second kappa shape index (κ2) is 21.7. The molecule has 9 nitrogen and oxygen atoms in total. The zero-order valence-corrected chi connectivity index (χ0v) is 45.0. The lowest BCUT2D eigenvalue weighted by atomic mass is 9.77. The van der Waals surface area contributed by atoms with Crippen LogP contribution in [0.5, 0.6) is 0 Å². The van der Waals surface area contributed by atoms with Crippen molar-refractivity contribution in [2.75, 3.05) is 42.3 Å². The smallest absolute Gasteiger partial charge is 0.173 e. The van der Waals surface area contributed by atoms with Gasteiger partial charge >= 0.3 is 0 Å². The third kappa shape index (κ3) is 15.9. The Morgan fingerprint density at radius 3 is 1.22 bits per heavy atom. The van der Waals surface area contributed by atoms with Crippen molar-refractivity contribution in [3.8, 4) is 0 Å². The van der Waals surface area contributed by atoms with E-state index in [1.807, 2.05) is 0 Å². The predicted octanol–water partition coefficient (Wildman–Crippen LogP) is 8.72. The van der Waals surface area contributed by atoms with Crippen LogP contribution in [-0.4, -0.2) is 159 Å². The monoisotopic (exact) mass is 901 g/mol. The molecule has 13 heteroatoms. The summed E-state index contributed by atoms with van der Waals surface area (Å²) in [5.74, 6) is 2.46. The van der Waals surface area contributed by atoms with Gasteiger partial charge in [0.15, 0.2) is 33.3 Å². The topological polar surface area (TPSA) is 106 Å². The van der Waals surface area contributed by atoms with Gasteiger partial charge in [-0.25, -0.2) is 0 Å². The lowest BCUT2D eigenvalue weighted by molar-refractivity contribution is -0.947. The van der Waals surface area contributed by atoms with Crippen molar-refractivity contribution < 1.29 is 33.1 Å². The minimum Gasteiger partial charge on any atom is -0.455 e. The van der Waals surface area contributed by atoms with Crippen LogP contribution in [0.3, 0.4) is 0 Å². The van der Waals surface area contributed by atoms with Crippen LogP contribution in [0.4, 0.5) is 0 Å². The maximum Gasteiger partial charge on any atom is 0.173 e. The summed E-state index contributed by atoms with van der Waals surface area (Å²) in [5.41, 5.74) is 0. The molecule has 0 aliphatic heterocycles. The van der Waals surface area contributed by atoms with E-state index >= 15 is 0 Å². The summed E-state index contributed by atoms with van der Waals surface area (Å²) in [4.78, 5) is 4.40. The number of nitrogens with zero attached hydrogens (tertiary/aromatic N) is 3. The van der Waals surface area contributed by atoms with E-state index in [4.69, 9.17) is 8.23 Å². The SMILES string of the molecule is CN(C)C1CCC(CC[Si](C)(C)O[Si](C)(C)CCC2CCC([N+](C)(C)C3CC(CC[Si](C)(C)O[Si](C)(C)CCC4CCC(O)C(N(C)C)C4)CCC3O)C(O)C2)CC1O. The minimum atomic E-state index is -1.85. The van der Waals surface area contributed by atoms with E-state index < -0.39 is 33.3 Å². The first-order valence-electron chi connectivity index (χ1n) is 24.5. The van der Waals surface area contributed by atoms with Gasteiger partial charge in [0.25, 0.3) is 0 Å². The molecule has 59 heavy (non-hydrogen) atoms. The molecule has 4 fully saturated rings. The molecular formula is C46H98N3O6Si4+. The minimum absolute atomic E-state index is 0.166. The molecule has 12 atom stereocenters. The fourth-order valence-electron chi connectivity index (χ4n) is 12.7. The van der Waals surface area contributed by atoms with Gasteiger partial charge in [0, 0.05) is 24.9 Å². The van der Waals surface area contributed by atoms with Crippen LogP contribution >= 0.6 is 0 Å². The highest BCUT2D eigenvalue weighted by Gasteiger charge is 2.49. The van der Waals surface area contributed by atoms with Crippen LogP contribution in [0.15, 0.2) is 0 Å². The number of quaternary nitrogens is 1. The van der Waals surface area contributed by atoms with Gasteiger partial charge < -0.3 is 42.9 Å². The van der Waals surface area contributed by atoms with Crippen molar-refractivity contribution >= 4 is 33.3 Å². The zero-order chi connectivity index (χ0) is 44.1. The third-order valence-corrected chi connectivity index (χ3v) is 31.1. The van der Waals surface area contributed by atoms with E-state index in [9.17, 15) is 20.4 Å². The van der Waals surface area contributed by atoms with Crippen molar-refractivity contribution in [1.82, 2.24) is 9.80 Å². The van der Waals surface area contributed by atoms with Crippen LogP contribution in [0, 0.1) is 23.7 Å². The Bertz CT molecular complexity index is 1270. The average molecular weight is 902 g/mol. The first kappa shape index (κ1) is 52.1. The zero-order valence-electron chi connectivity index (χ0n) is 41.0. The van der Waals surface area contributed by atoms with E-state index in [1.165, 1.54) is 43.8 Å². The number of hydrogen-bond donors (Lipinski definition) is 4. The first-order valence-corrected chi connectivity index (χ1v) is 36.9. The van der Waals surface area contributed by atoms with E-state index in [0.717, 1.165) is 87.6 Å². The van der Waals surface area contributed by atoms with Crippen molar-refractivity contribution in [1.29, 1.82) is 0 Å². The quantitative estimate of drug-likeness (QED) is 0.0711. The molecule has 0 aromatic heterocycles. The van der Waals surface area contributed by atoms with E-state index in [0.29, 0.717) is 29.7 Å². The largest absolute Gasteiger partial charge is 0.455 e. The Kier molecular flexibility index (Phi) is 19.1. The Hall–Kier alpha value is 0.508. The Morgan fingerprint density at radius 2 is 0.797 bits per heavy atom. The van der Waals surface area contributed by atoms with Gasteiger partial charge in [0.2, 0.25) is 0 Å². The number of likely N-dealkylation sites (N-methyl/N-ethyl adjacent to an activating group) is 3.